The zero-order valence-electron chi connectivity index (χ0n) is 16.3. The summed E-state index contributed by atoms with van der Waals surface area (Å²) in [6.07, 6.45) is 1.37. The SMILES string of the molecule is COc1cc2c(c(O)c1O)-c1c(cc(OC)c(OC)c1O)C[C@@H](C)[C@@H](C)C2. The van der Waals surface area contributed by atoms with Crippen molar-refractivity contribution in [2.75, 3.05) is 21.3 Å². The van der Waals surface area contributed by atoms with Crippen LogP contribution in [0.25, 0.3) is 11.1 Å². The molecule has 0 heterocycles. The molecule has 0 bridgehead atoms. The number of hydrogen-bond acceptors (Lipinski definition) is 6. The first-order chi connectivity index (χ1) is 12.8. The Labute approximate surface area is 158 Å². The molecule has 0 saturated heterocycles. The van der Waals surface area contributed by atoms with Crippen LogP contribution in [0, 0.1) is 11.8 Å². The minimum Gasteiger partial charge on any atom is -0.504 e. The average molecular weight is 374 g/mol. The molecular weight excluding hydrogens is 348 g/mol. The quantitative estimate of drug-likeness (QED) is 0.707. The molecule has 2 atom stereocenters. The molecule has 1 aliphatic carbocycles. The van der Waals surface area contributed by atoms with Crippen molar-refractivity contribution in [3.8, 4) is 45.6 Å². The fraction of sp³-hybridized carbons (Fsp3) is 0.429. The van der Waals surface area contributed by atoms with Crippen molar-refractivity contribution < 1.29 is 29.5 Å². The molecule has 0 fully saturated rings. The smallest absolute Gasteiger partial charge is 0.203 e. The monoisotopic (exact) mass is 374 g/mol. The molecule has 0 amide bonds. The molecule has 0 spiro atoms. The Balaban J connectivity index is 2.43. The van der Waals surface area contributed by atoms with Gasteiger partial charge >= 0.3 is 0 Å². The Bertz CT molecular complexity index is 874. The van der Waals surface area contributed by atoms with Gasteiger partial charge in [-0.2, -0.15) is 0 Å². The molecule has 2 aromatic carbocycles. The van der Waals surface area contributed by atoms with Crippen LogP contribution in [0.2, 0.25) is 0 Å². The Morgan fingerprint density at radius 1 is 0.704 bits per heavy atom. The van der Waals surface area contributed by atoms with E-state index >= 15 is 0 Å². The highest BCUT2D eigenvalue weighted by atomic mass is 16.5. The first-order valence-corrected chi connectivity index (χ1v) is 8.92. The van der Waals surface area contributed by atoms with Gasteiger partial charge in [0.1, 0.15) is 0 Å². The zero-order chi connectivity index (χ0) is 19.9. The van der Waals surface area contributed by atoms with Crippen LogP contribution in [0.4, 0.5) is 0 Å². The van der Waals surface area contributed by atoms with Crippen molar-refractivity contribution in [2.45, 2.75) is 26.7 Å². The number of benzene rings is 2. The summed E-state index contributed by atoms with van der Waals surface area (Å²) in [6, 6.07) is 3.55. The van der Waals surface area contributed by atoms with E-state index in [4.69, 9.17) is 14.2 Å². The summed E-state index contributed by atoms with van der Waals surface area (Å²) in [5, 5.41) is 32.1. The summed E-state index contributed by atoms with van der Waals surface area (Å²) in [7, 11) is 4.40. The van der Waals surface area contributed by atoms with E-state index in [1.807, 2.05) is 6.07 Å². The molecule has 1 aliphatic rings. The van der Waals surface area contributed by atoms with Gasteiger partial charge in [-0.15, -0.1) is 0 Å². The second-order valence-electron chi connectivity index (χ2n) is 7.17. The molecule has 6 heteroatoms. The Morgan fingerprint density at radius 2 is 1.19 bits per heavy atom. The van der Waals surface area contributed by atoms with Crippen molar-refractivity contribution in [2.24, 2.45) is 11.8 Å². The fourth-order valence-corrected chi connectivity index (χ4v) is 3.84. The molecule has 27 heavy (non-hydrogen) atoms. The summed E-state index contributed by atoms with van der Waals surface area (Å²) in [6.45, 7) is 4.31. The number of aromatic hydroxyl groups is 3. The molecule has 0 saturated carbocycles. The minimum atomic E-state index is -0.349. The lowest BCUT2D eigenvalue weighted by molar-refractivity contribution is 0.329. The van der Waals surface area contributed by atoms with Crippen molar-refractivity contribution in [1.29, 1.82) is 0 Å². The molecule has 0 unspecified atom stereocenters. The van der Waals surface area contributed by atoms with Crippen molar-refractivity contribution in [3.05, 3.63) is 23.3 Å². The van der Waals surface area contributed by atoms with Gasteiger partial charge in [0, 0.05) is 11.1 Å². The standard InChI is InChI=1S/C21H26O6/c1-10-6-12-8-14(25-3)18(22)19(23)16(12)17-13(7-11(10)2)9-15(26-4)21(27-5)20(17)24/h8-11,22-24H,6-7H2,1-5H3/t10-,11+/m0/s1. The first kappa shape index (κ1) is 19.0. The largest absolute Gasteiger partial charge is 0.504 e. The van der Waals surface area contributed by atoms with E-state index in [0.717, 1.165) is 11.1 Å². The highest BCUT2D eigenvalue weighted by molar-refractivity contribution is 5.87. The van der Waals surface area contributed by atoms with Crippen LogP contribution in [0.5, 0.6) is 34.5 Å². The average Bonchev–Trinajstić information content (AvgIpc) is 2.64. The van der Waals surface area contributed by atoms with Crippen LogP contribution in [0.15, 0.2) is 12.1 Å². The summed E-state index contributed by atoms with van der Waals surface area (Å²) >= 11 is 0. The van der Waals surface area contributed by atoms with E-state index in [1.165, 1.54) is 21.3 Å². The number of phenols is 3. The number of methoxy groups -OCH3 is 3. The third-order valence-corrected chi connectivity index (χ3v) is 5.57. The number of fused-ring (bicyclic) bond motifs is 3. The number of rotatable bonds is 3. The van der Waals surface area contributed by atoms with Gasteiger partial charge in [-0.1, -0.05) is 13.8 Å². The molecule has 2 aromatic rings. The van der Waals surface area contributed by atoms with Crippen molar-refractivity contribution in [3.63, 3.8) is 0 Å². The molecule has 146 valence electrons. The van der Waals surface area contributed by atoms with E-state index in [1.54, 1.807) is 6.07 Å². The normalized spacial score (nSPS) is 18.7. The van der Waals surface area contributed by atoms with Gasteiger partial charge in [-0.25, -0.2) is 0 Å². The van der Waals surface area contributed by atoms with Crippen molar-refractivity contribution in [1.82, 2.24) is 0 Å². The fourth-order valence-electron chi connectivity index (χ4n) is 3.84. The summed E-state index contributed by atoms with van der Waals surface area (Å²) < 4.78 is 15.9. The van der Waals surface area contributed by atoms with Crippen molar-refractivity contribution >= 4 is 0 Å². The maximum absolute atomic E-state index is 11.0. The van der Waals surface area contributed by atoms with E-state index in [-0.39, 0.29) is 28.7 Å². The van der Waals surface area contributed by atoms with Gasteiger partial charge in [-0.3, -0.25) is 0 Å². The predicted octanol–water partition coefficient (Wildman–Crippen LogP) is 3.87. The Kier molecular flexibility index (Phi) is 5.00. The minimum absolute atomic E-state index is 0.116. The predicted molar refractivity (Wildman–Crippen MR) is 102 cm³/mol. The summed E-state index contributed by atoms with van der Waals surface area (Å²) in [5.74, 6) is 0.693. The first-order valence-electron chi connectivity index (χ1n) is 8.92. The lowest BCUT2D eigenvalue weighted by Gasteiger charge is -2.29. The lowest BCUT2D eigenvalue weighted by Crippen LogP contribution is -2.17. The van der Waals surface area contributed by atoms with Gasteiger partial charge in [-0.05, 0) is 47.9 Å². The van der Waals surface area contributed by atoms with Crippen LogP contribution in [-0.2, 0) is 12.8 Å². The number of ether oxygens (including phenoxy) is 3. The maximum atomic E-state index is 11.0. The second kappa shape index (κ2) is 7.10. The number of hydrogen-bond donors (Lipinski definition) is 3. The molecule has 0 radical (unpaired) electrons. The third-order valence-electron chi connectivity index (χ3n) is 5.57. The molecular formula is C21H26O6. The topological polar surface area (TPSA) is 88.4 Å². The third kappa shape index (κ3) is 2.99. The van der Waals surface area contributed by atoms with Crippen LogP contribution < -0.4 is 14.2 Å². The Morgan fingerprint density at radius 3 is 1.67 bits per heavy atom. The van der Waals surface area contributed by atoms with E-state index < -0.39 is 0 Å². The molecule has 0 aliphatic heterocycles. The highest BCUT2D eigenvalue weighted by Gasteiger charge is 2.31. The zero-order valence-corrected chi connectivity index (χ0v) is 16.3. The second-order valence-corrected chi connectivity index (χ2v) is 7.17. The van der Waals surface area contributed by atoms with Crippen LogP contribution in [0.1, 0.15) is 25.0 Å². The summed E-state index contributed by atoms with van der Waals surface area (Å²) in [5.41, 5.74) is 2.48. The van der Waals surface area contributed by atoms with Gasteiger partial charge in [0.05, 0.1) is 21.3 Å². The van der Waals surface area contributed by atoms with Crippen LogP contribution >= 0.6 is 0 Å². The van der Waals surface area contributed by atoms with Gasteiger partial charge in [0.25, 0.3) is 0 Å². The molecule has 3 rings (SSSR count). The highest BCUT2D eigenvalue weighted by Crippen LogP contribution is 2.54. The van der Waals surface area contributed by atoms with Gasteiger partial charge in [0.15, 0.2) is 23.0 Å². The molecule has 6 nitrogen and oxygen atoms in total. The number of phenolic OH excluding ortho intramolecular Hbond substituents is 3. The van der Waals surface area contributed by atoms with E-state index in [0.29, 0.717) is 41.6 Å². The van der Waals surface area contributed by atoms with Gasteiger partial charge in [0.2, 0.25) is 11.5 Å². The molecule has 3 N–H and O–H groups in total. The van der Waals surface area contributed by atoms with E-state index in [9.17, 15) is 15.3 Å². The lowest BCUT2D eigenvalue weighted by atomic mass is 9.77. The van der Waals surface area contributed by atoms with Crippen LogP contribution in [-0.4, -0.2) is 36.6 Å². The summed E-state index contributed by atoms with van der Waals surface area (Å²) in [4.78, 5) is 0. The Hall–Kier alpha value is -2.76. The maximum Gasteiger partial charge on any atom is 0.203 e. The van der Waals surface area contributed by atoms with E-state index in [2.05, 4.69) is 13.8 Å². The van der Waals surface area contributed by atoms with Crippen LogP contribution in [0.3, 0.4) is 0 Å². The molecule has 0 aromatic heterocycles. The van der Waals surface area contributed by atoms with Gasteiger partial charge < -0.3 is 29.5 Å².